The van der Waals surface area contributed by atoms with Crippen molar-refractivity contribution >= 4 is 16.7 Å². The zero-order chi connectivity index (χ0) is 9.80. The van der Waals surface area contributed by atoms with Gasteiger partial charge in [0.15, 0.2) is 5.82 Å². The Morgan fingerprint density at radius 1 is 1.57 bits per heavy atom. The van der Waals surface area contributed by atoms with Gasteiger partial charge in [-0.3, -0.25) is 4.68 Å². The van der Waals surface area contributed by atoms with Crippen LogP contribution >= 0.6 is 11.5 Å². The van der Waals surface area contributed by atoms with Crippen LogP contribution in [0.25, 0.3) is 0 Å². The van der Waals surface area contributed by atoms with E-state index in [1.165, 1.54) is 11.5 Å². The largest absolute Gasteiger partial charge is 0.361 e. The lowest BCUT2D eigenvalue weighted by molar-refractivity contribution is 0.663. The Morgan fingerprint density at radius 3 is 3.21 bits per heavy atom. The summed E-state index contributed by atoms with van der Waals surface area (Å²) >= 11 is 1.38. The Bertz CT molecular complexity index is 380. The molecule has 6 heteroatoms. The van der Waals surface area contributed by atoms with E-state index in [-0.39, 0.29) is 0 Å². The number of nitrogens with zero attached hydrogens (tertiary/aromatic N) is 4. The number of hydrogen-bond donors (Lipinski definition) is 1. The Hall–Kier alpha value is -1.43. The molecule has 0 amide bonds. The van der Waals surface area contributed by atoms with E-state index in [9.17, 15) is 0 Å². The maximum atomic E-state index is 4.31. The first kappa shape index (κ1) is 9.14. The molecule has 0 saturated carbocycles. The van der Waals surface area contributed by atoms with Crippen LogP contribution < -0.4 is 5.32 Å². The Balaban J connectivity index is 2.03. The van der Waals surface area contributed by atoms with Crippen LogP contribution in [0.3, 0.4) is 0 Å². The van der Waals surface area contributed by atoms with Crippen LogP contribution in [0, 0.1) is 0 Å². The molecule has 2 aromatic rings. The van der Waals surface area contributed by atoms with E-state index in [0.29, 0.717) is 6.54 Å². The van der Waals surface area contributed by atoms with Crippen LogP contribution in [0.1, 0.15) is 12.7 Å². The molecule has 0 unspecified atom stereocenters. The van der Waals surface area contributed by atoms with Gasteiger partial charge in [-0.05, 0) is 13.0 Å². The molecule has 2 aromatic heterocycles. The van der Waals surface area contributed by atoms with E-state index in [0.717, 1.165) is 17.5 Å². The molecule has 0 atom stereocenters. The van der Waals surface area contributed by atoms with Crippen molar-refractivity contribution in [1.82, 2.24) is 19.1 Å². The first-order chi connectivity index (χ1) is 6.88. The van der Waals surface area contributed by atoms with Crippen molar-refractivity contribution in [1.29, 1.82) is 0 Å². The highest BCUT2D eigenvalue weighted by Gasteiger charge is 2.03. The molecule has 0 aliphatic carbocycles. The molecule has 0 saturated heterocycles. The summed E-state index contributed by atoms with van der Waals surface area (Å²) in [4.78, 5) is 4.31. The van der Waals surface area contributed by atoms with E-state index in [2.05, 4.69) is 19.8 Å². The second-order valence-electron chi connectivity index (χ2n) is 2.75. The van der Waals surface area contributed by atoms with Gasteiger partial charge in [-0.1, -0.05) is 0 Å². The summed E-state index contributed by atoms with van der Waals surface area (Å²) in [6.07, 6.45) is 3.64. The lowest BCUT2D eigenvalue weighted by atomic mass is 10.6. The molecule has 0 spiro atoms. The molecule has 14 heavy (non-hydrogen) atoms. The van der Waals surface area contributed by atoms with Crippen LogP contribution in [0.4, 0.5) is 5.13 Å². The van der Waals surface area contributed by atoms with Gasteiger partial charge in [-0.2, -0.15) is 9.47 Å². The van der Waals surface area contributed by atoms with Gasteiger partial charge < -0.3 is 5.32 Å². The van der Waals surface area contributed by atoms with E-state index >= 15 is 0 Å². The first-order valence-corrected chi connectivity index (χ1v) is 5.19. The zero-order valence-electron chi connectivity index (χ0n) is 7.84. The summed E-state index contributed by atoms with van der Waals surface area (Å²) < 4.78 is 6.02. The predicted octanol–water partition coefficient (Wildman–Crippen LogP) is 1.21. The lowest BCUT2D eigenvalue weighted by Crippen LogP contribution is -2.02. The van der Waals surface area contributed by atoms with Crippen molar-refractivity contribution in [2.45, 2.75) is 13.5 Å². The molecule has 0 aliphatic rings. The molecule has 74 valence electrons. The molecule has 0 fully saturated rings. The van der Waals surface area contributed by atoms with Crippen molar-refractivity contribution < 1.29 is 0 Å². The van der Waals surface area contributed by atoms with Gasteiger partial charge in [0.2, 0.25) is 5.13 Å². The van der Waals surface area contributed by atoms with E-state index in [1.54, 1.807) is 10.9 Å². The topological polar surface area (TPSA) is 55.6 Å². The van der Waals surface area contributed by atoms with E-state index in [4.69, 9.17) is 0 Å². The van der Waals surface area contributed by atoms with Crippen molar-refractivity contribution in [3.63, 3.8) is 0 Å². The third-order valence-corrected chi connectivity index (χ3v) is 2.37. The predicted molar refractivity (Wildman–Crippen MR) is 55.4 cm³/mol. The van der Waals surface area contributed by atoms with Crippen LogP contribution in [0.5, 0.6) is 0 Å². The van der Waals surface area contributed by atoms with Crippen molar-refractivity contribution in [2.24, 2.45) is 0 Å². The van der Waals surface area contributed by atoms with Gasteiger partial charge in [-0.25, -0.2) is 4.98 Å². The third-order valence-electron chi connectivity index (χ3n) is 1.66. The Kier molecular flexibility index (Phi) is 2.73. The van der Waals surface area contributed by atoms with Crippen molar-refractivity contribution in [3.05, 3.63) is 24.3 Å². The minimum Gasteiger partial charge on any atom is -0.361 e. The van der Waals surface area contributed by atoms with Crippen LogP contribution in [-0.4, -0.2) is 25.7 Å². The molecule has 0 radical (unpaired) electrons. The second-order valence-corrected chi connectivity index (χ2v) is 3.50. The fraction of sp³-hybridized carbons (Fsp3) is 0.375. The third kappa shape index (κ3) is 2.08. The molecule has 1 N–H and O–H groups in total. The summed E-state index contributed by atoms with van der Waals surface area (Å²) in [6.45, 7) is 3.54. The maximum Gasteiger partial charge on any atom is 0.202 e. The second kappa shape index (κ2) is 4.19. The number of rotatable bonds is 4. The summed E-state index contributed by atoms with van der Waals surface area (Å²) in [7, 11) is 0. The van der Waals surface area contributed by atoms with Crippen LogP contribution in [-0.2, 0) is 6.54 Å². The average Bonchev–Trinajstić information content (AvgIpc) is 2.79. The van der Waals surface area contributed by atoms with E-state index in [1.807, 2.05) is 19.2 Å². The van der Waals surface area contributed by atoms with Crippen molar-refractivity contribution in [2.75, 3.05) is 11.9 Å². The fourth-order valence-electron chi connectivity index (χ4n) is 1.08. The summed E-state index contributed by atoms with van der Waals surface area (Å²) in [6, 6.07) is 1.89. The zero-order valence-corrected chi connectivity index (χ0v) is 8.66. The SMILES string of the molecule is CCNc1nc(Cn2cccn2)ns1. The normalized spacial score (nSPS) is 10.4. The van der Waals surface area contributed by atoms with E-state index < -0.39 is 0 Å². The highest BCUT2D eigenvalue weighted by Crippen LogP contribution is 2.10. The first-order valence-electron chi connectivity index (χ1n) is 4.42. The van der Waals surface area contributed by atoms with Gasteiger partial charge in [0.05, 0.1) is 0 Å². The molecular weight excluding hydrogens is 198 g/mol. The number of aromatic nitrogens is 4. The van der Waals surface area contributed by atoms with Gasteiger partial charge in [0.1, 0.15) is 6.54 Å². The smallest absolute Gasteiger partial charge is 0.202 e. The van der Waals surface area contributed by atoms with Gasteiger partial charge in [-0.15, -0.1) is 0 Å². The Morgan fingerprint density at radius 2 is 2.50 bits per heavy atom. The minimum atomic E-state index is 0.634. The van der Waals surface area contributed by atoms with Crippen molar-refractivity contribution in [3.8, 4) is 0 Å². The highest BCUT2D eigenvalue weighted by molar-refractivity contribution is 7.09. The maximum absolute atomic E-state index is 4.31. The molecule has 0 bridgehead atoms. The molecule has 2 rings (SSSR count). The monoisotopic (exact) mass is 209 g/mol. The fourth-order valence-corrected chi connectivity index (χ4v) is 1.73. The number of anilines is 1. The van der Waals surface area contributed by atoms with Gasteiger partial charge in [0.25, 0.3) is 0 Å². The Labute approximate surface area is 86.0 Å². The van der Waals surface area contributed by atoms with Gasteiger partial charge in [0, 0.05) is 30.5 Å². The molecule has 0 aliphatic heterocycles. The summed E-state index contributed by atoms with van der Waals surface area (Å²) in [5.41, 5.74) is 0. The number of hydrogen-bond acceptors (Lipinski definition) is 5. The summed E-state index contributed by atoms with van der Waals surface area (Å²) in [5.74, 6) is 0.801. The van der Waals surface area contributed by atoms with Gasteiger partial charge >= 0.3 is 0 Å². The minimum absolute atomic E-state index is 0.634. The van der Waals surface area contributed by atoms with Crippen LogP contribution in [0.2, 0.25) is 0 Å². The number of nitrogens with one attached hydrogen (secondary N) is 1. The highest BCUT2D eigenvalue weighted by atomic mass is 32.1. The average molecular weight is 209 g/mol. The standard InChI is InChI=1S/C8H11N5S/c1-2-9-8-11-7(12-14-8)6-13-5-3-4-10-13/h3-5H,2,6H2,1H3,(H,9,11,12). The molecule has 5 nitrogen and oxygen atoms in total. The lowest BCUT2D eigenvalue weighted by Gasteiger charge is -1.95. The molecular formula is C8H11N5S. The van der Waals surface area contributed by atoms with Crippen LogP contribution in [0.15, 0.2) is 18.5 Å². The molecule has 2 heterocycles. The summed E-state index contributed by atoms with van der Waals surface area (Å²) in [5, 5.41) is 8.08. The quantitative estimate of drug-likeness (QED) is 0.822. The molecule has 0 aromatic carbocycles.